The van der Waals surface area contributed by atoms with Crippen molar-refractivity contribution in [2.24, 2.45) is 0 Å². The number of carboxylic acids is 1. The van der Waals surface area contributed by atoms with Crippen molar-refractivity contribution in [2.45, 2.75) is 12.1 Å². The van der Waals surface area contributed by atoms with E-state index in [9.17, 15) is 4.79 Å². The highest BCUT2D eigenvalue weighted by atomic mass is 35.5. The predicted octanol–water partition coefficient (Wildman–Crippen LogP) is 2.23. The van der Waals surface area contributed by atoms with Crippen molar-refractivity contribution in [3.05, 3.63) is 21.3 Å². The van der Waals surface area contributed by atoms with E-state index in [0.717, 1.165) is 15.0 Å². The molecule has 1 aromatic heterocycles. The Morgan fingerprint density at radius 2 is 2.33 bits per heavy atom. The van der Waals surface area contributed by atoms with Crippen molar-refractivity contribution in [1.29, 1.82) is 0 Å². The third-order valence-corrected chi connectivity index (χ3v) is 4.69. The number of hydrogen-bond acceptors (Lipinski definition) is 4. The highest BCUT2D eigenvalue weighted by Gasteiger charge is 2.27. The summed E-state index contributed by atoms with van der Waals surface area (Å²) < 4.78 is 0.745. The molecule has 2 rings (SSSR count). The quantitative estimate of drug-likeness (QED) is 0.859. The maximum Gasteiger partial charge on any atom is 0.321 e. The number of halogens is 1. The van der Waals surface area contributed by atoms with Gasteiger partial charge in [-0.05, 0) is 12.1 Å². The molecule has 0 aromatic carbocycles. The minimum atomic E-state index is -0.783. The summed E-state index contributed by atoms with van der Waals surface area (Å²) in [4.78, 5) is 11.9. The Morgan fingerprint density at radius 3 is 2.93 bits per heavy atom. The Morgan fingerprint density at radius 1 is 1.53 bits per heavy atom. The molecule has 82 valence electrons. The Labute approximate surface area is 101 Å². The van der Waals surface area contributed by atoms with Crippen molar-refractivity contribution in [2.75, 3.05) is 11.5 Å². The molecule has 1 aromatic rings. The zero-order valence-corrected chi connectivity index (χ0v) is 10.2. The van der Waals surface area contributed by atoms with Crippen LogP contribution in [0.2, 0.25) is 4.34 Å². The predicted molar refractivity (Wildman–Crippen MR) is 64.0 cm³/mol. The second-order valence-electron chi connectivity index (χ2n) is 3.29. The van der Waals surface area contributed by atoms with Crippen LogP contribution in [0.4, 0.5) is 0 Å². The third kappa shape index (κ3) is 2.66. The van der Waals surface area contributed by atoms with Crippen molar-refractivity contribution in [3.8, 4) is 0 Å². The summed E-state index contributed by atoms with van der Waals surface area (Å²) in [7, 11) is 0. The first-order valence-electron chi connectivity index (χ1n) is 4.48. The Balaban J connectivity index is 2.07. The molecule has 0 aliphatic carbocycles. The van der Waals surface area contributed by atoms with Gasteiger partial charge in [-0.1, -0.05) is 11.6 Å². The molecular formula is C9H10ClNO2S2. The molecule has 1 saturated heterocycles. The minimum absolute atomic E-state index is 0.113. The summed E-state index contributed by atoms with van der Waals surface area (Å²) in [5.41, 5.74) is 0. The second-order valence-corrected chi connectivity index (χ2v) is 6.11. The molecule has 1 aliphatic heterocycles. The lowest BCUT2D eigenvalue weighted by Gasteiger charge is -2.27. The number of aliphatic carboxylic acids is 1. The summed E-state index contributed by atoms with van der Waals surface area (Å²) in [6.07, 6.45) is 0. The van der Waals surface area contributed by atoms with Crippen LogP contribution in [0.1, 0.15) is 10.9 Å². The van der Waals surface area contributed by atoms with Gasteiger partial charge >= 0.3 is 5.97 Å². The summed E-state index contributed by atoms with van der Waals surface area (Å²) in [6.45, 7) is 0. The van der Waals surface area contributed by atoms with E-state index < -0.39 is 12.0 Å². The van der Waals surface area contributed by atoms with Gasteiger partial charge in [0.15, 0.2) is 0 Å². The van der Waals surface area contributed by atoms with E-state index in [-0.39, 0.29) is 6.04 Å². The van der Waals surface area contributed by atoms with Gasteiger partial charge in [0.25, 0.3) is 0 Å². The van der Waals surface area contributed by atoms with Gasteiger partial charge in [0.1, 0.15) is 6.04 Å². The Hall–Kier alpha value is -0.230. The SMILES string of the molecule is O=C(O)C1CSCC(c2ccc(Cl)s2)N1. The number of carbonyl (C=O) groups is 1. The van der Waals surface area contributed by atoms with Crippen LogP contribution in [0.15, 0.2) is 12.1 Å². The smallest absolute Gasteiger partial charge is 0.321 e. The number of thiophene rings is 1. The standard InChI is InChI=1S/C9H10ClNO2S2/c10-8-2-1-7(15-8)5-3-14-4-6(11-5)9(12)13/h1-2,5-6,11H,3-4H2,(H,12,13). The molecule has 2 heterocycles. The van der Waals surface area contributed by atoms with Gasteiger partial charge in [-0.15, -0.1) is 11.3 Å². The maximum atomic E-state index is 10.8. The average Bonchev–Trinajstić information content (AvgIpc) is 2.65. The first kappa shape index (κ1) is 11.3. The molecule has 6 heteroatoms. The van der Waals surface area contributed by atoms with Gasteiger partial charge < -0.3 is 5.11 Å². The molecule has 0 spiro atoms. The van der Waals surface area contributed by atoms with Crippen molar-refractivity contribution in [1.82, 2.24) is 5.32 Å². The monoisotopic (exact) mass is 263 g/mol. The lowest BCUT2D eigenvalue weighted by molar-refractivity contribution is -0.139. The third-order valence-electron chi connectivity index (χ3n) is 2.21. The summed E-state index contributed by atoms with van der Waals surface area (Å²) >= 11 is 9.01. The lowest BCUT2D eigenvalue weighted by Crippen LogP contribution is -2.45. The lowest BCUT2D eigenvalue weighted by atomic mass is 10.2. The first-order valence-corrected chi connectivity index (χ1v) is 6.83. The topological polar surface area (TPSA) is 49.3 Å². The van der Waals surface area contributed by atoms with Crippen LogP contribution in [-0.2, 0) is 4.79 Å². The first-order chi connectivity index (χ1) is 7.16. The number of thioether (sulfide) groups is 1. The van der Waals surface area contributed by atoms with Crippen molar-refractivity contribution < 1.29 is 9.90 Å². The van der Waals surface area contributed by atoms with Crippen LogP contribution >= 0.6 is 34.7 Å². The van der Waals surface area contributed by atoms with E-state index in [1.807, 2.05) is 12.1 Å². The maximum absolute atomic E-state index is 10.8. The van der Waals surface area contributed by atoms with Crippen molar-refractivity contribution in [3.63, 3.8) is 0 Å². The van der Waals surface area contributed by atoms with Crippen LogP contribution in [0.3, 0.4) is 0 Å². The molecule has 0 saturated carbocycles. The zero-order chi connectivity index (χ0) is 10.8. The van der Waals surface area contributed by atoms with E-state index in [0.29, 0.717) is 5.75 Å². The van der Waals surface area contributed by atoms with E-state index in [1.54, 1.807) is 11.8 Å². The largest absolute Gasteiger partial charge is 0.480 e. The molecule has 0 radical (unpaired) electrons. The minimum Gasteiger partial charge on any atom is -0.480 e. The molecule has 0 amide bonds. The molecule has 2 unspecified atom stereocenters. The Bertz CT molecular complexity index is 369. The summed E-state index contributed by atoms with van der Waals surface area (Å²) in [5, 5.41) is 12.0. The highest BCUT2D eigenvalue weighted by molar-refractivity contribution is 7.99. The molecule has 3 nitrogen and oxygen atoms in total. The van der Waals surface area contributed by atoms with Gasteiger partial charge in [0.05, 0.1) is 10.4 Å². The van der Waals surface area contributed by atoms with Crippen LogP contribution < -0.4 is 5.32 Å². The van der Waals surface area contributed by atoms with Gasteiger partial charge in [-0.2, -0.15) is 11.8 Å². The fourth-order valence-electron chi connectivity index (χ4n) is 1.47. The summed E-state index contributed by atoms with van der Waals surface area (Å²) in [5.74, 6) is 0.751. The van der Waals surface area contributed by atoms with E-state index in [2.05, 4.69) is 5.32 Å². The van der Waals surface area contributed by atoms with Crippen LogP contribution in [-0.4, -0.2) is 28.6 Å². The highest BCUT2D eigenvalue weighted by Crippen LogP contribution is 2.31. The van der Waals surface area contributed by atoms with E-state index in [1.165, 1.54) is 11.3 Å². The molecule has 15 heavy (non-hydrogen) atoms. The van der Waals surface area contributed by atoms with Crippen molar-refractivity contribution >= 4 is 40.7 Å². The number of carboxylic acid groups (broad SMARTS) is 1. The second kappa shape index (κ2) is 4.74. The van der Waals surface area contributed by atoms with Gasteiger partial charge in [0, 0.05) is 16.4 Å². The normalized spacial score (nSPS) is 26.5. The molecule has 1 aliphatic rings. The molecule has 1 fully saturated rings. The van der Waals surface area contributed by atoms with E-state index >= 15 is 0 Å². The zero-order valence-electron chi connectivity index (χ0n) is 7.77. The van der Waals surface area contributed by atoms with Crippen LogP contribution in [0, 0.1) is 0 Å². The van der Waals surface area contributed by atoms with Gasteiger partial charge in [0.2, 0.25) is 0 Å². The van der Waals surface area contributed by atoms with Crippen LogP contribution in [0.5, 0.6) is 0 Å². The molecule has 0 bridgehead atoms. The average molecular weight is 264 g/mol. The van der Waals surface area contributed by atoms with Gasteiger partial charge in [-0.3, -0.25) is 10.1 Å². The number of nitrogens with one attached hydrogen (secondary N) is 1. The fourth-order valence-corrected chi connectivity index (χ4v) is 3.81. The molecule has 2 N–H and O–H groups in total. The Kier molecular flexibility index (Phi) is 3.56. The summed E-state index contributed by atoms with van der Waals surface area (Å²) in [6, 6.07) is 3.46. The fraction of sp³-hybridized carbons (Fsp3) is 0.444. The number of hydrogen-bond donors (Lipinski definition) is 2. The van der Waals surface area contributed by atoms with E-state index in [4.69, 9.17) is 16.7 Å². The van der Waals surface area contributed by atoms with Crippen LogP contribution in [0.25, 0.3) is 0 Å². The van der Waals surface area contributed by atoms with Gasteiger partial charge in [-0.25, -0.2) is 0 Å². The molecular weight excluding hydrogens is 254 g/mol. The number of rotatable bonds is 2. The molecule has 2 atom stereocenters.